The molecule has 254 valence electrons. The summed E-state index contributed by atoms with van der Waals surface area (Å²) in [5.74, 6) is 0.136. The molecule has 1 fully saturated rings. The van der Waals surface area contributed by atoms with Gasteiger partial charge in [0.05, 0.1) is 16.9 Å². The number of hydrogen-bond donors (Lipinski definition) is 2. The van der Waals surface area contributed by atoms with E-state index >= 15 is 0 Å². The number of anilines is 2. The number of amides is 3. The number of carbonyl (C=O) groups is 2. The van der Waals surface area contributed by atoms with Crippen molar-refractivity contribution >= 4 is 34.5 Å². The van der Waals surface area contributed by atoms with Crippen LogP contribution in [0.3, 0.4) is 0 Å². The van der Waals surface area contributed by atoms with E-state index in [1.165, 1.54) is 17.2 Å². The fourth-order valence-corrected chi connectivity index (χ4v) is 5.95. The molecule has 1 saturated heterocycles. The van der Waals surface area contributed by atoms with Gasteiger partial charge in [-0.1, -0.05) is 50.6 Å². The Bertz CT molecular complexity index is 1970. The summed E-state index contributed by atoms with van der Waals surface area (Å²) in [5.41, 5.74) is 2.57. The van der Waals surface area contributed by atoms with E-state index in [2.05, 4.69) is 41.4 Å². The number of aromatic nitrogens is 4. The zero-order chi connectivity index (χ0) is 34.9. The van der Waals surface area contributed by atoms with Gasteiger partial charge in [-0.2, -0.15) is 18.3 Å². The van der Waals surface area contributed by atoms with Crippen molar-refractivity contribution in [1.82, 2.24) is 24.6 Å². The molecule has 49 heavy (non-hydrogen) atoms. The molecule has 5 aromatic rings. The molecule has 9 nitrogen and oxygen atoms in total. The Hall–Kier alpha value is -5.26. The van der Waals surface area contributed by atoms with Crippen LogP contribution in [-0.4, -0.2) is 49.7 Å². The number of urea groups is 1. The Morgan fingerprint density at radius 3 is 2.27 bits per heavy atom. The second kappa shape index (κ2) is 13.3. The summed E-state index contributed by atoms with van der Waals surface area (Å²) >= 11 is 0. The van der Waals surface area contributed by atoms with E-state index in [9.17, 15) is 22.8 Å². The fourth-order valence-electron chi connectivity index (χ4n) is 5.95. The molecule has 0 bridgehead atoms. The third-order valence-electron chi connectivity index (χ3n) is 8.72. The Balaban J connectivity index is 1.06. The summed E-state index contributed by atoms with van der Waals surface area (Å²) in [4.78, 5) is 35.4. The highest BCUT2D eigenvalue weighted by molar-refractivity contribution is 6.00. The van der Waals surface area contributed by atoms with Crippen molar-refractivity contribution in [1.29, 1.82) is 0 Å². The molecule has 1 aliphatic rings. The number of fused-ring (bicyclic) bond motifs is 1. The molecule has 0 atom stereocenters. The maximum Gasteiger partial charge on any atom is 0.434 e. The van der Waals surface area contributed by atoms with Crippen LogP contribution in [0.5, 0.6) is 0 Å². The quantitative estimate of drug-likeness (QED) is 0.190. The van der Waals surface area contributed by atoms with Crippen molar-refractivity contribution < 1.29 is 22.8 Å². The van der Waals surface area contributed by atoms with Crippen LogP contribution >= 0.6 is 0 Å². The number of halogens is 3. The fraction of sp³-hybridized carbons (Fsp3) is 0.324. The maximum atomic E-state index is 13.8. The summed E-state index contributed by atoms with van der Waals surface area (Å²) in [7, 11) is 0. The largest absolute Gasteiger partial charge is 0.434 e. The Kier molecular flexibility index (Phi) is 9.15. The third kappa shape index (κ3) is 7.74. The highest BCUT2D eigenvalue weighted by atomic mass is 19.4. The normalized spacial score (nSPS) is 14.2. The van der Waals surface area contributed by atoms with Gasteiger partial charge in [0.1, 0.15) is 5.82 Å². The first-order valence-electron chi connectivity index (χ1n) is 16.2. The van der Waals surface area contributed by atoms with Crippen molar-refractivity contribution in [2.75, 3.05) is 23.7 Å². The lowest BCUT2D eigenvalue weighted by Crippen LogP contribution is -2.39. The standard InChI is InChI=1S/C37H38F3N7O2/c1-23-7-13-28(14-8-23)47-31(22-30(45-47)36(2,3)4)43-35(49)42-27-11-9-24(10-12-27)20-25-15-18-46(19-16-25)34(48)29-21-26-6-5-17-41-33(26)44-32(29)37(38,39)40/h5-14,17,21-22,25H,15-16,18-20H2,1-4H3,(H2,42,43,49). The molecule has 2 N–H and O–H groups in total. The molecule has 4 heterocycles. The Morgan fingerprint density at radius 2 is 1.61 bits per heavy atom. The second-order valence-corrected chi connectivity index (χ2v) is 13.6. The van der Waals surface area contributed by atoms with Crippen LogP contribution in [-0.2, 0) is 18.0 Å². The minimum atomic E-state index is -4.78. The predicted octanol–water partition coefficient (Wildman–Crippen LogP) is 8.18. The van der Waals surface area contributed by atoms with Gasteiger partial charge in [0.2, 0.25) is 0 Å². The van der Waals surface area contributed by atoms with Crippen LogP contribution in [0.2, 0.25) is 0 Å². The molecular weight excluding hydrogens is 631 g/mol. The van der Waals surface area contributed by atoms with Crippen LogP contribution in [0.4, 0.5) is 29.5 Å². The molecule has 12 heteroatoms. The third-order valence-corrected chi connectivity index (χ3v) is 8.72. The van der Waals surface area contributed by atoms with Gasteiger partial charge >= 0.3 is 12.2 Å². The maximum absolute atomic E-state index is 13.8. The zero-order valence-corrected chi connectivity index (χ0v) is 27.8. The summed E-state index contributed by atoms with van der Waals surface area (Å²) in [6.45, 7) is 8.91. The van der Waals surface area contributed by atoms with Gasteiger partial charge in [0.25, 0.3) is 5.91 Å². The molecule has 0 saturated carbocycles. The number of rotatable bonds is 6. The first-order chi connectivity index (χ1) is 23.2. The molecule has 0 unspecified atom stereocenters. The van der Waals surface area contributed by atoms with Crippen LogP contribution in [0.1, 0.15) is 66.5 Å². The van der Waals surface area contributed by atoms with Crippen molar-refractivity contribution in [2.24, 2.45) is 5.92 Å². The van der Waals surface area contributed by atoms with Crippen LogP contribution in [0.15, 0.2) is 79.0 Å². The molecule has 1 aliphatic heterocycles. The average Bonchev–Trinajstić information content (AvgIpc) is 3.49. The van der Waals surface area contributed by atoms with Gasteiger partial charge in [-0.3, -0.25) is 10.1 Å². The molecule has 0 radical (unpaired) electrons. The van der Waals surface area contributed by atoms with Crippen molar-refractivity contribution in [3.8, 4) is 5.69 Å². The topological polar surface area (TPSA) is 105 Å². The minimum absolute atomic E-state index is 0.0489. The van der Waals surface area contributed by atoms with Gasteiger partial charge in [-0.25, -0.2) is 19.4 Å². The van der Waals surface area contributed by atoms with Gasteiger partial charge in [0, 0.05) is 41.8 Å². The average molecular weight is 670 g/mol. The number of benzene rings is 2. The Morgan fingerprint density at radius 1 is 0.918 bits per heavy atom. The zero-order valence-electron chi connectivity index (χ0n) is 27.8. The minimum Gasteiger partial charge on any atom is -0.339 e. The van der Waals surface area contributed by atoms with E-state index in [-0.39, 0.29) is 17.0 Å². The summed E-state index contributed by atoms with van der Waals surface area (Å²) in [5, 5.41) is 11.0. The molecule has 3 amide bonds. The summed E-state index contributed by atoms with van der Waals surface area (Å²) in [6.07, 6.45) is -1.35. The molecule has 2 aromatic carbocycles. The first-order valence-corrected chi connectivity index (χ1v) is 16.2. The number of pyridine rings is 2. The molecule has 3 aromatic heterocycles. The van der Waals surface area contributed by atoms with Gasteiger partial charge in [-0.15, -0.1) is 0 Å². The van der Waals surface area contributed by atoms with E-state index in [1.807, 2.05) is 61.5 Å². The van der Waals surface area contributed by atoms with Crippen molar-refractivity contribution in [3.05, 3.63) is 107 Å². The number of likely N-dealkylation sites (tertiary alicyclic amines) is 1. The first kappa shape index (κ1) is 33.6. The molecule has 0 spiro atoms. The summed E-state index contributed by atoms with van der Waals surface area (Å²) in [6, 6.07) is 21.4. The molecule has 6 rings (SSSR count). The van der Waals surface area contributed by atoms with Gasteiger partial charge < -0.3 is 10.2 Å². The number of hydrogen-bond acceptors (Lipinski definition) is 5. The summed E-state index contributed by atoms with van der Waals surface area (Å²) < 4.78 is 43.3. The van der Waals surface area contributed by atoms with Crippen molar-refractivity contribution in [3.63, 3.8) is 0 Å². The second-order valence-electron chi connectivity index (χ2n) is 13.6. The van der Waals surface area contributed by atoms with E-state index < -0.39 is 29.4 Å². The van der Waals surface area contributed by atoms with Crippen molar-refractivity contribution in [2.45, 2.75) is 58.5 Å². The highest BCUT2D eigenvalue weighted by Gasteiger charge is 2.39. The lowest BCUT2D eigenvalue weighted by atomic mass is 9.90. The van der Waals surface area contributed by atoms with E-state index in [0.29, 0.717) is 42.8 Å². The molecular formula is C37H38F3N7O2. The van der Waals surface area contributed by atoms with Crippen LogP contribution < -0.4 is 10.6 Å². The number of aryl methyl sites for hydroxylation is 1. The lowest BCUT2D eigenvalue weighted by molar-refractivity contribution is -0.141. The highest BCUT2D eigenvalue weighted by Crippen LogP contribution is 2.34. The van der Waals surface area contributed by atoms with E-state index in [4.69, 9.17) is 5.10 Å². The number of piperidine rings is 1. The number of nitrogens with zero attached hydrogens (tertiary/aromatic N) is 5. The lowest BCUT2D eigenvalue weighted by Gasteiger charge is -2.32. The van der Waals surface area contributed by atoms with E-state index in [1.54, 1.807) is 16.8 Å². The predicted molar refractivity (Wildman–Crippen MR) is 183 cm³/mol. The molecule has 0 aliphatic carbocycles. The number of nitrogens with one attached hydrogen (secondary N) is 2. The van der Waals surface area contributed by atoms with Gasteiger partial charge in [-0.05, 0) is 80.1 Å². The number of carbonyl (C=O) groups excluding carboxylic acids is 2. The van der Waals surface area contributed by atoms with Gasteiger partial charge in [0.15, 0.2) is 11.3 Å². The monoisotopic (exact) mass is 669 g/mol. The van der Waals surface area contributed by atoms with E-state index in [0.717, 1.165) is 28.9 Å². The Labute approximate surface area is 282 Å². The smallest absolute Gasteiger partial charge is 0.339 e. The van der Waals surface area contributed by atoms with Crippen LogP contribution in [0.25, 0.3) is 16.7 Å². The SMILES string of the molecule is Cc1ccc(-n2nc(C(C)(C)C)cc2NC(=O)Nc2ccc(CC3CCN(C(=O)c4cc5cccnc5nc4C(F)(F)F)CC3)cc2)cc1. The number of alkyl halides is 3. The van der Waals surface area contributed by atoms with Crippen LogP contribution in [0, 0.1) is 12.8 Å².